The third kappa shape index (κ3) is 11.5. The summed E-state index contributed by atoms with van der Waals surface area (Å²) in [4.78, 5) is 0. The van der Waals surface area contributed by atoms with E-state index >= 15 is 0 Å². The second-order valence-electron chi connectivity index (χ2n) is 10.5. The van der Waals surface area contributed by atoms with Gasteiger partial charge in [0.05, 0.1) is 26.7 Å². The molecular formula is C25H52NO+. The molecule has 1 aliphatic rings. The van der Waals surface area contributed by atoms with Crippen molar-refractivity contribution in [1.82, 2.24) is 0 Å². The molecule has 0 saturated heterocycles. The molecule has 1 aliphatic carbocycles. The van der Waals surface area contributed by atoms with Gasteiger partial charge in [-0.3, -0.25) is 0 Å². The van der Waals surface area contributed by atoms with Crippen LogP contribution in [0, 0.1) is 17.8 Å². The van der Waals surface area contributed by atoms with Crippen LogP contribution in [0.2, 0.25) is 0 Å². The van der Waals surface area contributed by atoms with Crippen molar-refractivity contribution < 1.29 is 9.22 Å². The zero-order chi connectivity index (χ0) is 20.1. The van der Waals surface area contributed by atoms with E-state index in [9.17, 15) is 0 Å². The summed E-state index contributed by atoms with van der Waals surface area (Å²) < 4.78 is 7.53. The van der Waals surface area contributed by atoms with Crippen LogP contribution in [0.5, 0.6) is 0 Å². The second kappa shape index (κ2) is 14.0. The number of unbranched alkanes of at least 4 members (excludes halogenated alkanes) is 9. The van der Waals surface area contributed by atoms with E-state index < -0.39 is 0 Å². The van der Waals surface area contributed by atoms with Gasteiger partial charge in [0, 0.05) is 0 Å². The summed E-state index contributed by atoms with van der Waals surface area (Å²) in [7, 11) is 4.70. The Morgan fingerprint density at radius 3 is 1.96 bits per heavy atom. The highest BCUT2D eigenvalue weighted by Gasteiger charge is 2.32. The molecule has 0 N–H and O–H groups in total. The van der Waals surface area contributed by atoms with Crippen LogP contribution in [-0.2, 0) is 4.74 Å². The van der Waals surface area contributed by atoms with Crippen LogP contribution < -0.4 is 0 Å². The lowest BCUT2D eigenvalue weighted by Gasteiger charge is -2.39. The van der Waals surface area contributed by atoms with Crippen LogP contribution in [0.3, 0.4) is 0 Å². The van der Waals surface area contributed by atoms with E-state index in [2.05, 4.69) is 41.8 Å². The van der Waals surface area contributed by atoms with Crippen LogP contribution in [-0.4, -0.2) is 38.0 Å². The van der Waals surface area contributed by atoms with Crippen molar-refractivity contribution in [3.8, 4) is 0 Å². The molecule has 1 fully saturated rings. The number of rotatable bonds is 15. The largest absolute Gasteiger partial charge is 0.328 e. The first-order valence-corrected chi connectivity index (χ1v) is 12.3. The minimum Gasteiger partial charge on any atom is -0.328 e. The van der Waals surface area contributed by atoms with E-state index in [1.54, 1.807) is 0 Å². The van der Waals surface area contributed by atoms with Crippen molar-refractivity contribution >= 4 is 0 Å². The molecule has 0 aromatic heterocycles. The van der Waals surface area contributed by atoms with E-state index in [1.807, 2.05) is 0 Å². The fourth-order valence-corrected chi connectivity index (χ4v) is 4.70. The predicted molar refractivity (Wildman–Crippen MR) is 120 cm³/mol. The average molecular weight is 383 g/mol. The first kappa shape index (κ1) is 25.0. The van der Waals surface area contributed by atoms with Crippen LogP contribution in [0.1, 0.15) is 111 Å². The summed E-state index contributed by atoms with van der Waals surface area (Å²) in [5.74, 6) is 2.35. The SMILES string of the molecule is CCCCCCCCCCCC[N+](C)(C)CO[C@@H]1C[C@H](C)CC[C@H]1C(C)C. The van der Waals surface area contributed by atoms with E-state index in [1.165, 1.54) is 90.0 Å². The summed E-state index contributed by atoms with van der Waals surface area (Å²) in [6, 6.07) is 0. The van der Waals surface area contributed by atoms with E-state index in [0.29, 0.717) is 6.10 Å². The Balaban J connectivity index is 2.12. The molecule has 27 heavy (non-hydrogen) atoms. The molecule has 0 amide bonds. The number of nitrogens with zero attached hydrogens (tertiary/aromatic N) is 1. The van der Waals surface area contributed by atoms with E-state index in [-0.39, 0.29) is 0 Å². The molecule has 0 radical (unpaired) electrons. The van der Waals surface area contributed by atoms with Gasteiger partial charge in [0.15, 0.2) is 6.73 Å². The lowest BCUT2D eigenvalue weighted by atomic mass is 9.75. The van der Waals surface area contributed by atoms with Crippen molar-refractivity contribution in [2.75, 3.05) is 27.4 Å². The minimum absolute atomic E-state index is 0.485. The Labute approximate surface area is 172 Å². The first-order valence-electron chi connectivity index (χ1n) is 12.3. The monoisotopic (exact) mass is 382 g/mol. The van der Waals surface area contributed by atoms with Crippen LogP contribution in [0.25, 0.3) is 0 Å². The topological polar surface area (TPSA) is 9.23 Å². The van der Waals surface area contributed by atoms with E-state index in [4.69, 9.17) is 4.74 Å². The quantitative estimate of drug-likeness (QED) is 0.163. The first-order chi connectivity index (χ1) is 12.9. The summed E-state index contributed by atoms with van der Waals surface area (Å²) in [6.45, 7) is 11.6. The minimum atomic E-state index is 0.485. The molecule has 0 bridgehead atoms. The van der Waals surface area contributed by atoms with Gasteiger partial charge in [-0.2, -0.15) is 0 Å². The maximum absolute atomic E-state index is 6.51. The molecule has 162 valence electrons. The average Bonchev–Trinajstić information content (AvgIpc) is 2.61. The molecule has 3 atom stereocenters. The fourth-order valence-electron chi connectivity index (χ4n) is 4.70. The van der Waals surface area contributed by atoms with Gasteiger partial charge in [0.2, 0.25) is 0 Å². The molecule has 2 nitrogen and oxygen atoms in total. The van der Waals surface area contributed by atoms with Gasteiger partial charge >= 0.3 is 0 Å². The zero-order valence-electron chi connectivity index (χ0n) is 19.8. The Morgan fingerprint density at radius 2 is 1.41 bits per heavy atom. The summed E-state index contributed by atoms with van der Waals surface area (Å²) in [5.41, 5.74) is 0. The van der Waals surface area contributed by atoms with Crippen molar-refractivity contribution in [3.05, 3.63) is 0 Å². The number of ether oxygens (including phenoxy) is 1. The Morgan fingerprint density at radius 1 is 0.852 bits per heavy atom. The second-order valence-corrected chi connectivity index (χ2v) is 10.5. The van der Waals surface area contributed by atoms with Crippen molar-refractivity contribution in [1.29, 1.82) is 0 Å². The summed E-state index contributed by atoms with van der Waals surface area (Å²) >= 11 is 0. The van der Waals surface area contributed by atoms with Gasteiger partial charge in [-0.15, -0.1) is 0 Å². The molecule has 1 rings (SSSR count). The molecule has 0 unspecified atom stereocenters. The molecule has 0 aromatic carbocycles. The lowest BCUT2D eigenvalue weighted by Crippen LogP contribution is -2.45. The smallest absolute Gasteiger partial charge is 0.183 e. The zero-order valence-corrected chi connectivity index (χ0v) is 19.8. The summed E-state index contributed by atoms with van der Waals surface area (Å²) in [5, 5.41) is 0. The van der Waals surface area contributed by atoms with Crippen molar-refractivity contribution in [3.63, 3.8) is 0 Å². The number of quaternary nitrogens is 1. The molecule has 0 aliphatic heterocycles. The Hall–Kier alpha value is -0.0800. The Kier molecular flexibility index (Phi) is 12.9. The lowest BCUT2D eigenvalue weighted by molar-refractivity contribution is -0.911. The highest BCUT2D eigenvalue weighted by atomic mass is 16.5. The molecule has 2 heteroatoms. The summed E-state index contributed by atoms with van der Waals surface area (Å²) in [6.07, 6.45) is 18.7. The molecule has 0 spiro atoms. The number of hydrogen-bond acceptors (Lipinski definition) is 1. The van der Waals surface area contributed by atoms with Gasteiger partial charge in [-0.1, -0.05) is 85.5 Å². The van der Waals surface area contributed by atoms with Gasteiger partial charge in [0.25, 0.3) is 0 Å². The normalized spacial score (nSPS) is 23.9. The highest BCUT2D eigenvalue weighted by molar-refractivity contribution is 4.81. The third-order valence-electron chi connectivity index (χ3n) is 6.72. The molecule has 0 heterocycles. The fraction of sp³-hybridized carbons (Fsp3) is 1.00. The van der Waals surface area contributed by atoms with Gasteiger partial charge < -0.3 is 9.22 Å². The highest BCUT2D eigenvalue weighted by Crippen LogP contribution is 2.35. The molecule has 0 aromatic rings. The van der Waals surface area contributed by atoms with Crippen LogP contribution in [0.4, 0.5) is 0 Å². The van der Waals surface area contributed by atoms with Gasteiger partial charge in [-0.05, 0) is 43.4 Å². The van der Waals surface area contributed by atoms with Crippen LogP contribution >= 0.6 is 0 Å². The molecule has 1 saturated carbocycles. The van der Waals surface area contributed by atoms with Crippen molar-refractivity contribution in [2.24, 2.45) is 17.8 Å². The van der Waals surface area contributed by atoms with Gasteiger partial charge in [-0.25, -0.2) is 0 Å². The Bertz CT molecular complexity index is 352. The third-order valence-corrected chi connectivity index (χ3v) is 6.72. The van der Waals surface area contributed by atoms with Crippen LogP contribution in [0.15, 0.2) is 0 Å². The number of hydrogen-bond donors (Lipinski definition) is 0. The standard InChI is InChI=1S/C25H52NO/c1-7-8-9-10-11-12-13-14-15-16-19-26(5,6)21-27-25-20-23(4)17-18-24(25)22(2)3/h22-25H,7-21H2,1-6H3/q+1/t23-,24+,25-/m1/s1. The predicted octanol–water partition coefficient (Wildman–Crippen LogP) is 7.42. The van der Waals surface area contributed by atoms with Gasteiger partial charge in [0.1, 0.15) is 0 Å². The molecular weight excluding hydrogens is 330 g/mol. The van der Waals surface area contributed by atoms with Crippen molar-refractivity contribution in [2.45, 2.75) is 117 Å². The maximum Gasteiger partial charge on any atom is 0.183 e. The van der Waals surface area contributed by atoms with E-state index in [0.717, 1.165) is 29.0 Å². The maximum atomic E-state index is 6.51.